The Kier molecular flexibility index (Phi) is 4.51. The molecule has 1 aliphatic heterocycles. The maximum atomic E-state index is 12.4. The molecule has 1 heterocycles. The van der Waals surface area contributed by atoms with Crippen molar-refractivity contribution in [2.24, 2.45) is 0 Å². The molecule has 1 amide bonds. The second kappa shape index (κ2) is 6.59. The number of aromatic carboxylic acids is 1. The van der Waals surface area contributed by atoms with E-state index in [1.54, 1.807) is 18.2 Å². The summed E-state index contributed by atoms with van der Waals surface area (Å²) in [5, 5.41) is 11.8. The second-order valence-electron chi connectivity index (χ2n) is 4.93. The highest BCUT2D eigenvalue weighted by Gasteiger charge is 2.18. The number of hydrogen-bond acceptors (Lipinski definition) is 4. The summed E-state index contributed by atoms with van der Waals surface area (Å²) in [4.78, 5) is 23.5. The van der Waals surface area contributed by atoms with Gasteiger partial charge in [-0.3, -0.25) is 4.79 Å². The fourth-order valence-electron chi connectivity index (χ4n) is 2.19. The van der Waals surface area contributed by atoms with E-state index in [1.807, 2.05) is 0 Å². The summed E-state index contributed by atoms with van der Waals surface area (Å²) in [5.41, 5.74) is 0.319. The molecule has 0 aromatic heterocycles. The van der Waals surface area contributed by atoms with Crippen LogP contribution in [0.2, 0.25) is 10.0 Å². The first kappa shape index (κ1) is 16.4. The molecule has 0 saturated carbocycles. The molecule has 0 radical (unpaired) electrons. The number of nitrogens with one attached hydrogen (secondary N) is 1. The number of amides is 1. The smallest absolute Gasteiger partial charge is 0.337 e. The predicted molar refractivity (Wildman–Crippen MR) is 88.8 cm³/mol. The molecular formula is C16H11Cl2NO5. The van der Waals surface area contributed by atoms with Crippen LogP contribution in [0, 0.1) is 0 Å². The van der Waals surface area contributed by atoms with Gasteiger partial charge in [0.15, 0.2) is 11.5 Å². The first-order chi connectivity index (χ1) is 11.5. The topological polar surface area (TPSA) is 84.9 Å². The van der Waals surface area contributed by atoms with Crippen molar-refractivity contribution >= 4 is 40.8 Å². The van der Waals surface area contributed by atoms with Gasteiger partial charge >= 0.3 is 5.97 Å². The van der Waals surface area contributed by atoms with Crippen LogP contribution in [0.3, 0.4) is 0 Å². The number of anilines is 1. The monoisotopic (exact) mass is 367 g/mol. The number of carboxylic acid groups (broad SMARTS) is 1. The molecule has 3 rings (SSSR count). The maximum absolute atomic E-state index is 12.4. The van der Waals surface area contributed by atoms with E-state index in [1.165, 1.54) is 12.1 Å². The highest BCUT2D eigenvalue weighted by atomic mass is 35.5. The Morgan fingerprint density at radius 1 is 1.00 bits per heavy atom. The van der Waals surface area contributed by atoms with E-state index in [4.69, 9.17) is 37.8 Å². The third-order valence-electron chi connectivity index (χ3n) is 3.34. The predicted octanol–water partition coefficient (Wildman–Crippen LogP) is 3.72. The standard InChI is InChI=1S/C16H11Cl2NO5/c17-10-7-11(18)12(6-9(10)16(21)22)19-15(20)8-1-2-13-14(5-8)24-4-3-23-13/h1-2,5-7H,3-4H2,(H,19,20)(H,21,22). The van der Waals surface area contributed by atoms with Crippen LogP contribution in [-0.4, -0.2) is 30.2 Å². The van der Waals surface area contributed by atoms with Crippen LogP contribution in [-0.2, 0) is 0 Å². The molecule has 6 nitrogen and oxygen atoms in total. The summed E-state index contributed by atoms with van der Waals surface area (Å²) in [6.07, 6.45) is 0. The minimum atomic E-state index is -1.22. The number of halogens is 2. The number of hydrogen-bond donors (Lipinski definition) is 2. The number of carbonyl (C=O) groups is 2. The molecule has 0 unspecified atom stereocenters. The lowest BCUT2D eigenvalue weighted by Crippen LogP contribution is -2.17. The Morgan fingerprint density at radius 3 is 2.42 bits per heavy atom. The molecule has 24 heavy (non-hydrogen) atoms. The van der Waals surface area contributed by atoms with Gasteiger partial charge in [-0.2, -0.15) is 0 Å². The van der Waals surface area contributed by atoms with Crippen molar-refractivity contribution < 1.29 is 24.2 Å². The Bertz CT molecular complexity index is 837. The first-order valence-electron chi connectivity index (χ1n) is 6.89. The van der Waals surface area contributed by atoms with Crippen molar-refractivity contribution in [2.75, 3.05) is 18.5 Å². The van der Waals surface area contributed by atoms with E-state index in [9.17, 15) is 9.59 Å². The van der Waals surface area contributed by atoms with Crippen molar-refractivity contribution in [1.82, 2.24) is 0 Å². The molecule has 0 spiro atoms. The summed E-state index contributed by atoms with van der Waals surface area (Å²) < 4.78 is 10.8. The average Bonchev–Trinajstić information content (AvgIpc) is 2.56. The molecule has 0 fully saturated rings. The number of carbonyl (C=O) groups excluding carboxylic acids is 1. The van der Waals surface area contributed by atoms with E-state index in [0.717, 1.165) is 0 Å². The highest BCUT2D eigenvalue weighted by Crippen LogP contribution is 2.32. The van der Waals surface area contributed by atoms with Crippen LogP contribution in [0.1, 0.15) is 20.7 Å². The molecule has 0 bridgehead atoms. The largest absolute Gasteiger partial charge is 0.486 e. The lowest BCUT2D eigenvalue weighted by atomic mass is 10.1. The van der Waals surface area contributed by atoms with Gasteiger partial charge in [0, 0.05) is 5.56 Å². The number of ether oxygens (including phenoxy) is 2. The third kappa shape index (κ3) is 3.25. The number of carboxylic acids is 1. The number of fused-ring (bicyclic) bond motifs is 1. The molecule has 8 heteroatoms. The number of benzene rings is 2. The summed E-state index contributed by atoms with van der Waals surface area (Å²) in [6.45, 7) is 0.861. The van der Waals surface area contributed by atoms with Gasteiger partial charge in [-0.15, -0.1) is 0 Å². The molecule has 2 N–H and O–H groups in total. The van der Waals surface area contributed by atoms with Crippen molar-refractivity contribution in [3.63, 3.8) is 0 Å². The Labute approximate surface area is 146 Å². The van der Waals surface area contributed by atoms with Crippen LogP contribution in [0.25, 0.3) is 0 Å². The Morgan fingerprint density at radius 2 is 1.71 bits per heavy atom. The Hall–Kier alpha value is -2.44. The molecular weight excluding hydrogens is 357 g/mol. The molecule has 2 aromatic carbocycles. The highest BCUT2D eigenvalue weighted by molar-refractivity contribution is 6.38. The van der Waals surface area contributed by atoms with Gasteiger partial charge in [-0.05, 0) is 30.3 Å². The van der Waals surface area contributed by atoms with E-state index in [2.05, 4.69) is 5.32 Å². The molecule has 124 valence electrons. The van der Waals surface area contributed by atoms with Gasteiger partial charge in [0.2, 0.25) is 0 Å². The van der Waals surface area contributed by atoms with Crippen molar-refractivity contribution in [3.05, 3.63) is 51.5 Å². The van der Waals surface area contributed by atoms with Gasteiger partial charge in [0.05, 0.1) is 21.3 Å². The normalized spacial score (nSPS) is 12.6. The minimum Gasteiger partial charge on any atom is -0.486 e. The summed E-state index contributed by atoms with van der Waals surface area (Å²) in [6, 6.07) is 7.24. The van der Waals surface area contributed by atoms with Crippen molar-refractivity contribution in [1.29, 1.82) is 0 Å². The van der Waals surface area contributed by atoms with Gasteiger partial charge < -0.3 is 19.9 Å². The maximum Gasteiger partial charge on any atom is 0.337 e. The molecule has 0 aliphatic carbocycles. The Balaban J connectivity index is 1.87. The van der Waals surface area contributed by atoms with Gasteiger partial charge in [0.25, 0.3) is 5.91 Å². The first-order valence-corrected chi connectivity index (χ1v) is 7.64. The van der Waals surface area contributed by atoms with E-state index in [0.29, 0.717) is 30.3 Å². The molecule has 1 aliphatic rings. The zero-order valence-electron chi connectivity index (χ0n) is 12.1. The van der Waals surface area contributed by atoms with Crippen LogP contribution in [0.4, 0.5) is 5.69 Å². The zero-order chi connectivity index (χ0) is 17.3. The zero-order valence-corrected chi connectivity index (χ0v) is 13.6. The summed E-state index contributed by atoms with van der Waals surface area (Å²) >= 11 is 11.8. The van der Waals surface area contributed by atoms with Crippen LogP contribution >= 0.6 is 23.2 Å². The van der Waals surface area contributed by atoms with Crippen molar-refractivity contribution in [2.45, 2.75) is 0 Å². The van der Waals surface area contributed by atoms with Crippen molar-refractivity contribution in [3.8, 4) is 11.5 Å². The summed E-state index contributed by atoms with van der Waals surface area (Å²) in [5.74, 6) is -0.642. The van der Waals surface area contributed by atoms with Gasteiger partial charge in [-0.25, -0.2) is 4.79 Å². The fourth-order valence-corrected chi connectivity index (χ4v) is 2.70. The fraction of sp³-hybridized carbons (Fsp3) is 0.125. The third-order valence-corrected chi connectivity index (χ3v) is 3.97. The minimum absolute atomic E-state index is 0.00942. The molecule has 0 atom stereocenters. The van der Waals surface area contributed by atoms with E-state index >= 15 is 0 Å². The number of rotatable bonds is 3. The SMILES string of the molecule is O=C(Nc1cc(C(=O)O)c(Cl)cc1Cl)c1ccc2c(c1)OCCO2. The average molecular weight is 368 g/mol. The van der Waals surface area contributed by atoms with Crippen LogP contribution < -0.4 is 14.8 Å². The van der Waals surface area contributed by atoms with Crippen LogP contribution in [0.15, 0.2) is 30.3 Å². The second-order valence-corrected chi connectivity index (χ2v) is 5.74. The quantitative estimate of drug-likeness (QED) is 0.863. The molecule has 2 aromatic rings. The summed E-state index contributed by atoms with van der Waals surface area (Å²) in [7, 11) is 0. The molecule has 0 saturated heterocycles. The van der Waals surface area contributed by atoms with E-state index < -0.39 is 11.9 Å². The van der Waals surface area contributed by atoms with Crippen LogP contribution in [0.5, 0.6) is 11.5 Å². The lowest BCUT2D eigenvalue weighted by molar-refractivity contribution is 0.0696. The lowest BCUT2D eigenvalue weighted by Gasteiger charge is -2.18. The van der Waals surface area contributed by atoms with Gasteiger partial charge in [0.1, 0.15) is 13.2 Å². The van der Waals surface area contributed by atoms with E-state index in [-0.39, 0.29) is 21.3 Å². The van der Waals surface area contributed by atoms with Gasteiger partial charge in [-0.1, -0.05) is 23.2 Å².